The van der Waals surface area contributed by atoms with Crippen molar-refractivity contribution in [2.24, 2.45) is 5.41 Å². The van der Waals surface area contributed by atoms with E-state index in [1.54, 1.807) is 14.2 Å². The Bertz CT molecular complexity index is 787. The number of hydrogen-bond donors (Lipinski definition) is 1. The zero-order valence-corrected chi connectivity index (χ0v) is 17.5. The van der Waals surface area contributed by atoms with Gasteiger partial charge >= 0.3 is 0 Å². The molecule has 2 heterocycles. The molecule has 1 unspecified atom stereocenters. The lowest BCUT2D eigenvalue weighted by atomic mass is 9.74. The molecule has 2 aliphatic carbocycles. The molecule has 1 aliphatic heterocycles. The molecule has 1 spiro atoms. The number of ether oxygens (including phenoxy) is 2. The SMILES string of the molecule is COCC(=O)N1CCC2(CCCC2NC(=O)c2cc3c(nc2OC)CCC3)CC1. The number of aromatic nitrogens is 1. The highest BCUT2D eigenvalue weighted by Crippen LogP contribution is 2.46. The first-order valence-corrected chi connectivity index (χ1v) is 10.7. The molecule has 2 fully saturated rings. The molecule has 0 aromatic carbocycles. The Morgan fingerprint density at radius 1 is 1.21 bits per heavy atom. The molecule has 29 heavy (non-hydrogen) atoms. The van der Waals surface area contributed by atoms with Gasteiger partial charge in [-0.3, -0.25) is 9.59 Å². The van der Waals surface area contributed by atoms with Gasteiger partial charge in [-0.2, -0.15) is 0 Å². The Morgan fingerprint density at radius 3 is 2.72 bits per heavy atom. The number of likely N-dealkylation sites (tertiary alicyclic amines) is 1. The Hall–Kier alpha value is -2.15. The summed E-state index contributed by atoms with van der Waals surface area (Å²) in [7, 11) is 3.12. The number of methoxy groups -OCH3 is 2. The number of carbonyl (C=O) groups is 2. The van der Waals surface area contributed by atoms with Crippen LogP contribution in [-0.4, -0.2) is 61.7 Å². The predicted octanol–water partition coefficient (Wildman–Crippen LogP) is 2.12. The summed E-state index contributed by atoms with van der Waals surface area (Å²) in [6.45, 7) is 1.61. The minimum absolute atomic E-state index is 0.0508. The number of fused-ring (bicyclic) bond motifs is 1. The zero-order chi connectivity index (χ0) is 20.4. The van der Waals surface area contributed by atoms with Crippen LogP contribution in [-0.2, 0) is 22.4 Å². The number of hydrogen-bond acceptors (Lipinski definition) is 5. The molecule has 2 amide bonds. The predicted molar refractivity (Wildman–Crippen MR) is 108 cm³/mol. The van der Waals surface area contributed by atoms with Crippen LogP contribution in [0.5, 0.6) is 5.88 Å². The van der Waals surface area contributed by atoms with Gasteiger partial charge in [-0.05, 0) is 62.0 Å². The second-order valence-corrected chi connectivity index (χ2v) is 8.60. The van der Waals surface area contributed by atoms with Crippen LogP contribution in [0.1, 0.15) is 60.1 Å². The van der Waals surface area contributed by atoms with Crippen molar-refractivity contribution >= 4 is 11.8 Å². The van der Waals surface area contributed by atoms with Crippen molar-refractivity contribution in [3.05, 3.63) is 22.9 Å². The molecule has 7 heteroatoms. The topological polar surface area (TPSA) is 80.8 Å². The fourth-order valence-electron chi connectivity index (χ4n) is 5.39. The van der Waals surface area contributed by atoms with Gasteiger partial charge in [0.2, 0.25) is 11.8 Å². The number of piperidine rings is 1. The highest BCUT2D eigenvalue weighted by atomic mass is 16.5. The number of amides is 2. The standard InChI is InChI=1S/C22H31N3O4/c1-28-14-19(26)25-11-9-22(10-12-25)8-4-7-18(22)24-20(27)16-13-15-5-3-6-17(15)23-21(16)29-2/h13,18H,3-12,14H2,1-2H3,(H,24,27). The molecule has 1 saturated carbocycles. The van der Waals surface area contributed by atoms with Crippen LogP contribution in [0.25, 0.3) is 0 Å². The molecule has 1 aromatic rings. The molecule has 1 N–H and O–H groups in total. The normalized spacial score (nSPS) is 22.6. The van der Waals surface area contributed by atoms with Crippen molar-refractivity contribution in [1.29, 1.82) is 0 Å². The van der Waals surface area contributed by atoms with Gasteiger partial charge in [0.15, 0.2) is 0 Å². The van der Waals surface area contributed by atoms with Crippen molar-refractivity contribution in [3.63, 3.8) is 0 Å². The van der Waals surface area contributed by atoms with Crippen molar-refractivity contribution in [1.82, 2.24) is 15.2 Å². The number of rotatable bonds is 5. The van der Waals surface area contributed by atoms with Gasteiger partial charge < -0.3 is 19.7 Å². The van der Waals surface area contributed by atoms with Crippen LogP contribution < -0.4 is 10.1 Å². The van der Waals surface area contributed by atoms with Crippen LogP contribution in [0.2, 0.25) is 0 Å². The molecule has 0 radical (unpaired) electrons. The number of nitrogens with one attached hydrogen (secondary N) is 1. The van der Waals surface area contributed by atoms with Crippen LogP contribution in [0, 0.1) is 5.41 Å². The van der Waals surface area contributed by atoms with E-state index in [9.17, 15) is 9.59 Å². The molecular weight excluding hydrogens is 370 g/mol. The van der Waals surface area contributed by atoms with E-state index in [-0.39, 0.29) is 29.9 Å². The Balaban J connectivity index is 1.46. The highest BCUT2D eigenvalue weighted by Gasteiger charge is 2.46. The van der Waals surface area contributed by atoms with Crippen LogP contribution in [0.4, 0.5) is 0 Å². The summed E-state index contributed by atoms with van der Waals surface area (Å²) in [5.74, 6) is 0.387. The average molecular weight is 402 g/mol. The van der Waals surface area contributed by atoms with E-state index in [0.717, 1.165) is 70.2 Å². The molecule has 1 aromatic heterocycles. The molecular formula is C22H31N3O4. The van der Waals surface area contributed by atoms with Crippen molar-refractivity contribution in [2.45, 2.75) is 57.4 Å². The minimum atomic E-state index is -0.0896. The van der Waals surface area contributed by atoms with E-state index in [4.69, 9.17) is 9.47 Å². The summed E-state index contributed by atoms with van der Waals surface area (Å²) >= 11 is 0. The van der Waals surface area contributed by atoms with Crippen molar-refractivity contribution < 1.29 is 19.1 Å². The smallest absolute Gasteiger partial charge is 0.257 e. The number of nitrogens with zero attached hydrogens (tertiary/aromatic N) is 2. The maximum Gasteiger partial charge on any atom is 0.257 e. The third kappa shape index (κ3) is 3.84. The molecule has 3 aliphatic rings. The summed E-state index contributed by atoms with van der Waals surface area (Å²) in [5.41, 5.74) is 2.85. The molecule has 158 valence electrons. The number of aryl methyl sites for hydroxylation is 2. The average Bonchev–Trinajstić information content (AvgIpc) is 3.34. The van der Waals surface area contributed by atoms with Crippen LogP contribution >= 0.6 is 0 Å². The van der Waals surface area contributed by atoms with Gasteiger partial charge in [0.05, 0.1) is 7.11 Å². The van der Waals surface area contributed by atoms with E-state index in [1.807, 2.05) is 11.0 Å². The minimum Gasteiger partial charge on any atom is -0.480 e. The molecule has 0 bridgehead atoms. The first-order chi connectivity index (χ1) is 14.1. The van der Waals surface area contributed by atoms with Crippen LogP contribution in [0.15, 0.2) is 6.07 Å². The van der Waals surface area contributed by atoms with E-state index in [2.05, 4.69) is 10.3 Å². The fraction of sp³-hybridized carbons (Fsp3) is 0.682. The molecule has 4 rings (SSSR count). The van der Waals surface area contributed by atoms with Crippen molar-refractivity contribution in [3.8, 4) is 5.88 Å². The number of pyridine rings is 1. The Morgan fingerprint density at radius 2 is 2.00 bits per heavy atom. The second-order valence-electron chi connectivity index (χ2n) is 8.60. The first kappa shape index (κ1) is 20.1. The monoisotopic (exact) mass is 401 g/mol. The van der Waals surface area contributed by atoms with Crippen molar-refractivity contribution in [2.75, 3.05) is 33.9 Å². The van der Waals surface area contributed by atoms with Crippen LogP contribution in [0.3, 0.4) is 0 Å². The zero-order valence-electron chi connectivity index (χ0n) is 17.5. The first-order valence-electron chi connectivity index (χ1n) is 10.7. The third-order valence-electron chi connectivity index (χ3n) is 7.05. The van der Waals surface area contributed by atoms with E-state index in [1.165, 1.54) is 5.56 Å². The Kier molecular flexibility index (Phi) is 5.76. The summed E-state index contributed by atoms with van der Waals surface area (Å²) in [6, 6.07) is 2.10. The second kappa shape index (κ2) is 8.30. The van der Waals surface area contributed by atoms with Gasteiger partial charge in [0, 0.05) is 31.9 Å². The molecule has 1 saturated heterocycles. The molecule has 1 atom stereocenters. The lowest BCUT2D eigenvalue weighted by Crippen LogP contribution is -2.51. The maximum atomic E-state index is 13.2. The van der Waals surface area contributed by atoms with Gasteiger partial charge in [-0.1, -0.05) is 6.42 Å². The summed E-state index contributed by atoms with van der Waals surface area (Å²) < 4.78 is 10.4. The van der Waals surface area contributed by atoms with Gasteiger partial charge in [-0.15, -0.1) is 0 Å². The highest BCUT2D eigenvalue weighted by molar-refractivity contribution is 5.97. The summed E-state index contributed by atoms with van der Waals surface area (Å²) in [4.78, 5) is 31.7. The summed E-state index contributed by atoms with van der Waals surface area (Å²) in [6.07, 6.45) is 8.06. The third-order valence-corrected chi connectivity index (χ3v) is 7.05. The molecule has 7 nitrogen and oxygen atoms in total. The quantitative estimate of drug-likeness (QED) is 0.817. The Labute approximate surface area is 172 Å². The van der Waals surface area contributed by atoms with E-state index >= 15 is 0 Å². The van der Waals surface area contributed by atoms with Gasteiger partial charge in [0.1, 0.15) is 12.2 Å². The largest absolute Gasteiger partial charge is 0.480 e. The fourth-order valence-corrected chi connectivity index (χ4v) is 5.39. The van der Waals surface area contributed by atoms with E-state index in [0.29, 0.717) is 11.4 Å². The lowest BCUT2D eigenvalue weighted by Gasteiger charge is -2.43. The van der Waals surface area contributed by atoms with E-state index < -0.39 is 0 Å². The maximum absolute atomic E-state index is 13.2. The van der Waals surface area contributed by atoms with Gasteiger partial charge in [-0.25, -0.2) is 4.98 Å². The lowest BCUT2D eigenvalue weighted by molar-refractivity contribution is -0.137. The summed E-state index contributed by atoms with van der Waals surface area (Å²) in [5, 5.41) is 3.30. The van der Waals surface area contributed by atoms with Gasteiger partial charge in [0.25, 0.3) is 5.91 Å². The number of carbonyl (C=O) groups excluding carboxylic acids is 2.